The summed E-state index contributed by atoms with van der Waals surface area (Å²) in [7, 11) is 1.68. The Morgan fingerprint density at radius 1 is 1.38 bits per heavy atom. The molecule has 1 aromatic rings. The fourth-order valence-electron chi connectivity index (χ4n) is 1.19. The van der Waals surface area contributed by atoms with Crippen LogP contribution in [0.4, 0.5) is 5.69 Å². The van der Waals surface area contributed by atoms with Gasteiger partial charge in [-0.1, -0.05) is 32.9 Å². The molecular formula is C13H20N2O. The summed E-state index contributed by atoms with van der Waals surface area (Å²) in [5.74, 6) is 0.641. The molecule has 0 aliphatic carbocycles. The molecule has 0 saturated carbocycles. The van der Waals surface area contributed by atoms with Crippen molar-refractivity contribution >= 4 is 11.5 Å². The predicted octanol–water partition coefficient (Wildman–Crippen LogP) is 2.87. The number of benzene rings is 1. The Kier molecular flexibility index (Phi) is 4.07. The van der Waals surface area contributed by atoms with Crippen LogP contribution < -0.4 is 5.73 Å². The average molecular weight is 220 g/mol. The van der Waals surface area contributed by atoms with Gasteiger partial charge in [0, 0.05) is 12.5 Å². The molecule has 0 heterocycles. The van der Waals surface area contributed by atoms with Crippen LogP contribution in [-0.4, -0.2) is 12.9 Å². The summed E-state index contributed by atoms with van der Waals surface area (Å²) in [6.45, 7) is 6.74. The van der Waals surface area contributed by atoms with E-state index in [4.69, 9.17) is 10.5 Å². The highest BCUT2D eigenvalue weighted by Crippen LogP contribution is 2.19. The topological polar surface area (TPSA) is 47.6 Å². The molecule has 1 aromatic carbocycles. The molecule has 0 spiro atoms. The third-order valence-electron chi connectivity index (χ3n) is 2.24. The number of nitrogens with two attached hydrogens (primary N) is 1. The van der Waals surface area contributed by atoms with E-state index in [1.54, 1.807) is 7.11 Å². The van der Waals surface area contributed by atoms with Gasteiger partial charge < -0.3 is 10.5 Å². The molecule has 0 bridgehead atoms. The zero-order valence-corrected chi connectivity index (χ0v) is 10.4. The predicted molar refractivity (Wildman–Crippen MR) is 67.9 cm³/mol. The Balaban J connectivity index is 2.93. The molecule has 0 fully saturated rings. The van der Waals surface area contributed by atoms with Crippen LogP contribution in [0.25, 0.3) is 0 Å². The van der Waals surface area contributed by atoms with Crippen molar-refractivity contribution in [1.29, 1.82) is 0 Å². The van der Waals surface area contributed by atoms with Gasteiger partial charge >= 0.3 is 0 Å². The molecule has 0 radical (unpaired) electrons. The first kappa shape index (κ1) is 12.7. The van der Waals surface area contributed by atoms with Crippen LogP contribution in [0.3, 0.4) is 0 Å². The minimum absolute atomic E-state index is 0.0999. The third-order valence-corrected chi connectivity index (χ3v) is 2.24. The molecule has 0 saturated heterocycles. The maximum absolute atomic E-state index is 5.93. The van der Waals surface area contributed by atoms with Gasteiger partial charge in [-0.2, -0.15) is 0 Å². The molecule has 3 heteroatoms. The average Bonchev–Trinajstić information content (AvgIpc) is 2.17. The molecular weight excluding hydrogens is 200 g/mol. The third kappa shape index (κ3) is 3.66. The number of aliphatic imine (C=N–C) groups is 1. The van der Waals surface area contributed by atoms with E-state index in [1.165, 1.54) is 0 Å². The van der Waals surface area contributed by atoms with E-state index >= 15 is 0 Å². The van der Waals surface area contributed by atoms with Gasteiger partial charge in [0.25, 0.3) is 0 Å². The molecule has 16 heavy (non-hydrogen) atoms. The highest BCUT2D eigenvalue weighted by Gasteiger charge is 2.15. The second-order valence-electron chi connectivity index (χ2n) is 4.85. The van der Waals surface area contributed by atoms with Crippen molar-refractivity contribution in [2.24, 2.45) is 16.1 Å². The van der Waals surface area contributed by atoms with Gasteiger partial charge in [0.15, 0.2) is 0 Å². The summed E-state index contributed by atoms with van der Waals surface area (Å²) in [5.41, 5.74) is 7.80. The second kappa shape index (κ2) is 5.12. The van der Waals surface area contributed by atoms with Gasteiger partial charge in [-0.25, -0.2) is 4.99 Å². The first-order valence-electron chi connectivity index (χ1n) is 5.36. The van der Waals surface area contributed by atoms with E-state index in [-0.39, 0.29) is 5.41 Å². The minimum atomic E-state index is -0.0999. The molecule has 3 nitrogen and oxygen atoms in total. The molecule has 0 aromatic heterocycles. The largest absolute Gasteiger partial charge is 0.387 e. The lowest BCUT2D eigenvalue weighted by atomic mass is 9.95. The fourth-order valence-corrected chi connectivity index (χ4v) is 1.19. The van der Waals surface area contributed by atoms with Crippen molar-refractivity contribution in [3.8, 4) is 0 Å². The van der Waals surface area contributed by atoms with Crippen LogP contribution in [0.15, 0.2) is 29.3 Å². The Morgan fingerprint density at radius 2 is 2.06 bits per heavy atom. The molecule has 0 unspecified atom stereocenters. The zero-order valence-electron chi connectivity index (χ0n) is 10.4. The van der Waals surface area contributed by atoms with Crippen molar-refractivity contribution in [2.75, 3.05) is 7.11 Å². The lowest BCUT2D eigenvalue weighted by Gasteiger charge is -2.17. The van der Waals surface area contributed by atoms with Crippen LogP contribution in [0, 0.1) is 5.41 Å². The van der Waals surface area contributed by atoms with Crippen LogP contribution >= 0.6 is 0 Å². The Hall–Kier alpha value is -1.35. The number of rotatable bonds is 3. The van der Waals surface area contributed by atoms with Crippen molar-refractivity contribution in [1.82, 2.24) is 0 Å². The molecule has 0 amide bonds. The lowest BCUT2D eigenvalue weighted by Crippen LogP contribution is -2.28. The second-order valence-corrected chi connectivity index (χ2v) is 4.85. The number of hydrogen-bond acceptors (Lipinski definition) is 2. The molecule has 0 aliphatic heterocycles. The van der Waals surface area contributed by atoms with E-state index in [1.807, 2.05) is 45.0 Å². The maximum atomic E-state index is 5.93. The Labute approximate surface area is 97.3 Å². The number of nitrogens with zero attached hydrogens (tertiary/aromatic N) is 1. The van der Waals surface area contributed by atoms with Crippen LogP contribution in [0.2, 0.25) is 0 Å². The first-order valence-corrected chi connectivity index (χ1v) is 5.36. The Bertz CT molecular complexity index is 378. The normalized spacial score (nSPS) is 12.9. The molecule has 0 atom stereocenters. The van der Waals surface area contributed by atoms with Crippen molar-refractivity contribution in [2.45, 2.75) is 27.4 Å². The van der Waals surface area contributed by atoms with E-state index in [0.29, 0.717) is 12.4 Å². The lowest BCUT2D eigenvalue weighted by molar-refractivity contribution is 0.185. The van der Waals surface area contributed by atoms with Gasteiger partial charge in [-0.3, -0.25) is 0 Å². The van der Waals surface area contributed by atoms with E-state index in [2.05, 4.69) is 4.99 Å². The van der Waals surface area contributed by atoms with Gasteiger partial charge in [0.05, 0.1) is 12.3 Å². The summed E-state index contributed by atoms with van der Waals surface area (Å²) in [6.07, 6.45) is 0. The van der Waals surface area contributed by atoms with E-state index < -0.39 is 0 Å². The SMILES string of the molecule is COCc1cccc(N=C(N)C(C)(C)C)c1. The van der Waals surface area contributed by atoms with Crippen molar-refractivity contribution in [3.05, 3.63) is 29.8 Å². The van der Waals surface area contributed by atoms with Crippen LogP contribution in [0.5, 0.6) is 0 Å². The Morgan fingerprint density at radius 3 is 2.62 bits per heavy atom. The maximum Gasteiger partial charge on any atom is 0.105 e. The zero-order chi connectivity index (χ0) is 12.2. The molecule has 2 N–H and O–H groups in total. The monoisotopic (exact) mass is 220 g/mol. The van der Waals surface area contributed by atoms with Gasteiger partial charge in [0.1, 0.15) is 5.84 Å². The minimum Gasteiger partial charge on any atom is -0.387 e. The van der Waals surface area contributed by atoms with Crippen LogP contribution in [0.1, 0.15) is 26.3 Å². The number of ether oxygens (including phenoxy) is 1. The van der Waals surface area contributed by atoms with Gasteiger partial charge in [-0.15, -0.1) is 0 Å². The molecule has 0 aliphatic rings. The van der Waals surface area contributed by atoms with Crippen molar-refractivity contribution in [3.63, 3.8) is 0 Å². The fraction of sp³-hybridized carbons (Fsp3) is 0.462. The summed E-state index contributed by atoms with van der Waals surface area (Å²) < 4.78 is 5.08. The standard InChI is InChI=1S/C13H20N2O/c1-13(2,3)12(14)15-11-7-5-6-10(8-11)9-16-4/h5-8H,9H2,1-4H3,(H2,14,15). The van der Waals surface area contributed by atoms with Crippen molar-refractivity contribution < 1.29 is 4.74 Å². The highest BCUT2D eigenvalue weighted by atomic mass is 16.5. The van der Waals surface area contributed by atoms with E-state index in [9.17, 15) is 0 Å². The quantitative estimate of drug-likeness (QED) is 0.629. The summed E-state index contributed by atoms with van der Waals surface area (Å²) in [5, 5.41) is 0. The highest BCUT2D eigenvalue weighted by molar-refractivity contribution is 5.87. The smallest absolute Gasteiger partial charge is 0.105 e. The number of amidine groups is 1. The number of methoxy groups -OCH3 is 1. The van der Waals surface area contributed by atoms with Gasteiger partial charge in [-0.05, 0) is 17.7 Å². The summed E-state index contributed by atoms with van der Waals surface area (Å²) in [6, 6.07) is 7.90. The van der Waals surface area contributed by atoms with Crippen LogP contribution in [-0.2, 0) is 11.3 Å². The summed E-state index contributed by atoms with van der Waals surface area (Å²) in [4.78, 5) is 4.41. The first-order chi connectivity index (χ1) is 7.43. The molecule has 88 valence electrons. The summed E-state index contributed by atoms with van der Waals surface area (Å²) >= 11 is 0. The molecule has 1 rings (SSSR count). The van der Waals surface area contributed by atoms with Gasteiger partial charge in [0.2, 0.25) is 0 Å². The number of hydrogen-bond donors (Lipinski definition) is 1. The van der Waals surface area contributed by atoms with E-state index in [0.717, 1.165) is 11.3 Å².